The van der Waals surface area contributed by atoms with Gasteiger partial charge in [0.2, 0.25) is 5.91 Å². The Balaban J connectivity index is 3.28. The molecule has 0 bridgehead atoms. The molecule has 1 aromatic heterocycles. The van der Waals surface area contributed by atoms with Crippen molar-refractivity contribution in [2.45, 2.75) is 18.9 Å². The van der Waals surface area contributed by atoms with E-state index in [0.29, 0.717) is 18.5 Å². The van der Waals surface area contributed by atoms with E-state index in [9.17, 15) is 9.59 Å². The summed E-state index contributed by atoms with van der Waals surface area (Å²) in [5, 5.41) is 2.75. The van der Waals surface area contributed by atoms with Crippen LogP contribution in [0.15, 0.2) is 62.5 Å². The van der Waals surface area contributed by atoms with Crippen molar-refractivity contribution in [3.63, 3.8) is 0 Å². The lowest BCUT2D eigenvalue weighted by Gasteiger charge is -2.39. The Hall–Kier alpha value is -2.69. The van der Waals surface area contributed by atoms with Crippen molar-refractivity contribution in [2.75, 3.05) is 13.1 Å². The van der Waals surface area contributed by atoms with Crippen LogP contribution in [0.25, 0.3) is 0 Å². The molecule has 0 spiro atoms. The SMILES string of the molecule is C=CCNC(=O)C(C=C)(CC)N(CC=C)C(=O)c1ccncc1. The summed E-state index contributed by atoms with van der Waals surface area (Å²) in [5.74, 6) is -0.568. The Labute approximate surface area is 137 Å². The number of nitrogens with zero attached hydrogens (tertiary/aromatic N) is 2. The van der Waals surface area contributed by atoms with Crippen LogP contribution in [0.3, 0.4) is 0 Å². The van der Waals surface area contributed by atoms with E-state index in [4.69, 9.17) is 0 Å². The highest BCUT2D eigenvalue weighted by molar-refractivity contribution is 6.00. The minimum Gasteiger partial charge on any atom is -0.350 e. The largest absolute Gasteiger partial charge is 0.350 e. The molecule has 0 saturated heterocycles. The molecule has 0 radical (unpaired) electrons. The lowest BCUT2D eigenvalue weighted by molar-refractivity contribution is -0.129. The quantitative estimate of drug-likeness (QED) is 0.712. The van der Waals surface area contributed by atoms with Crippen LogP contribution in [-0.2, 0) is 4.79 Å². The average molecular weight is 313 g/mol. The van der Waals surface area contributed by atoms with Crippen LogP contribution in [-0.4, -0.2) is 40.3 Å². The van der Waals surface area contributed by atoms with E-state index in [0.717, 1.165) is 0 Å². The van der Waals surface area contributed by atoms with Crippen molar-refractivity contribution in [3.8, 4) is 0 Å². The third-order valence-corrected chi connectivity index (χ3v) is 3.64. The molecule has 0 aliphatic carbocycles. The van der Waals surface area contributed by atoms with Gasteiger partial charge in [0.1, 0.15) is 5.54 Å². The molecule has 1 rings (SSSR count). The number of hydrogen-bond donors (Lipinski definition) is 1. The van der Waals surface area contributed by atoms with Gasteiger partial charge in [-0.25, -0.2) is 0 Å². The first-order valence-electron chi connectivity index (χ1n) is 7.43. The van der Waals surface area contributed by atoms with E-state index in [1.807, 2.05) is 6.92 Å². The summed E-state index contributed by atoms with van der Waals surface area (Å²) >= 11 is 0. The van der Waals surface area contributed by atoms with Gasteiger partial charge in [0.15, 0.2) is 0 Å². The summed E-state index contributed by atoms with van der Waals surface area (Å²) in [7, 11) is 0. The third kappa shape index (κ3) is 3.94. The van der Waals surface area contributed by atoms with Crippen LogP contribution in [0.1, 0.15) is 23.7 Å². The number of aromatic nitrogens is 1. The number of nitrogens with one attached hydrogen (secondary N) is 1. The second kappa shape index (κ2) is 8.68. The highest BCUT2D eigenvalue weighted by atomic mass is 16.2. The first kappa shape index (κ1) is 18.4. The fourth-order valence-electron chi connectivity index (χ4n) is 2.35. The fraction of sp³-hybridized carbons (Fsp3) is 0.278. The number of pyridine rings is 1. The van der Waals surface area contributed by atoms with Crippen LogP contribution >= 0.6 is 0 Å². The molecule has 1 unspecified atom stereocenters. The number of carbonyl (C=O) groups is 2. The van der Waals surface area contributed by atoms with Crippen LogP contribution < -0.4 is 5.32 Å². The summed E-state index contributed by atoms with van der Waals surface area (Å²) in [6.45, 7) is 13.4. The molecule has 0 aliphatic heterocycles. The predicted octanol–water partition coefficient (Wildman–Crippen LogP) is 2.35. The maximum absolute atomic E-state index is 12.9. The van der Waals surface area contributed by atoms with Gasteiger partial charge in [0.25, 0.3) is 5.91 Å². The van der Waals surface area contributed by atoms with E-state index >= 15 is 0 Å². The molecule has 23 heavy (non-hydrogen) atoms. The molecule has 2 amide bonds. The zero-order chi connectivity index (χ0) is 17.3. The van der Waals surface area contributed by atoms with Crippen molar-refractivity contribution in [1.82, 2.24) is 15.2 Å². The van der Waals surface area contributed by atoms with E-state index in [1.165, 1.54) is 11.0 Å². The highest BCUT2D eigenvalue weighted by Crippen LogP contribution is 2.24. The van der Waals surface area contributed by atoms with E-state index < -0.39 is 5.54 Å². The molecular formula is C18H23N3O2. The Bertz CT molecular complexity index is 583. The Morgan fingerprint density at radius 1 is 1.26 bits per heavy atom. The molecular weight excluding hydrogens is 290 g/mol. The lowest BCUT2D eigenvalue weighted by Crippen LogP contribution is -2.59. The second-order valence-corrected chi connectivity index (χ2v) is 4.92. The van der Waals surface area contributed by atoms with Gasteiger partial charge in [0.05, 0.1) is 0 Å². The standard InChI is InChI=1S/C18H23N3O2/c1-5-11-20-17(23)18(7-3,8-4)21(14-6-2)16(22)15-9-12-19-13-10-15/h5-7,9-10,12-13H,1-3,8,11,14H2,4H3,(H,20,23). The van der Waals surface area contributed by atoms with Gasteiger partial charge in [0, 0.05) is 31.0 Å². The number of carbonyl (C=O) groups excluding carboxylic acids is 2. The Morgan fingerprint density at radius 3 is 2.39 bits per heavy atom. The smallest absolute Gasteiger partial charge is 0.255 e. The summed E-state index contributed by atoms with van der Waals surface area (Å²) in [6.07, 6.45) is 8.16. The summed E-state index contributed by atoms with van der Waals surface area (Å²) < 4.78 is 0. The van der Waals surface area contributed by atoms with Crippen molar-refractivity contribution in [2.24, 2.45) is 0 Å². The van der Waals surface area contributed by atoms with Gasteiger partial charge in [-0.3, -0.25) is 14.6 Å². The molecule has 1 heterocycles. The minimum absolute atomic E-state index is 0.225. The number of amides is 2. The molecule has 5 heteroatoms. The fourth-order valence-corrected chi connectivity index (χ4v) is 2.35. The molecule has 0 aliphatic rings. The summed E-state index contributed by atoms with van der Waals surface area (Å²) in [4.78, 5) is 30.9. The maximum Gasteiger partial charge on any atom is 0.255 e. The lowest BCUT2D eigenvalue weighted by atomic mass is 9.91. The van der Waals surface area contributed by atoms with Crippen LogP contribution in [0.5, 0.6) is 0 Å². The zero-order valence-electron chi connectivity index (χ0n) is 13.5. The van der Waals surface area contributed by atoms with Crippen molar-refractivity contribution >= 4 is 11.8 Å². The molecule has 0 saturated carbocycles. The molecule has 0 fully saturated rings. The highest BCUT2D eigenvalue weighted by Gasteiger charge is 2.42. The van der Waals surface area contributed by atoms with Crippen molar-refractivity contribution in [3.05, 3.63) is 68.1 Å². The van der Waals surface area contributed by atoms with Crippen molar-refractivity contribution in [1.29, 1.82) is 0 Å². The maximum atomic E-state index is 12.9. The van der Waals surface area contributed by atoms with Crippen LogP contribution in [0.2, 0.25) is 0 Å². The molecule has 122 valence electrons. The predicted molar refractivity (Wildman–Crippen MR) is 91.9 cm³/mol. The first-order chi connectivity index (χ1) is 11.1. The molecule has 1 N–H and O–H groups in total. The zero-order valence-corrected chi connectivity index (χ0v) is 13.5. The Morgan fingerprint density at radius 2 is 1.91 bits per heavy atom. The van der Waals surface area contributed by atoms with E-state index in [1.54, 1.807) is 36.7 Å². The van der Waals surface area contributed by atoms with Crippen molar-refractivity contribution < 1.29 is 9.59 Å². The topological polar surface area (TPSA) is 62.3 Å². The number of rotatable bonds is 9. The van der Waals surface area contributed by atoms with E-state index in [-0.39, 0.29) is 18.4 Å². The monoisotopic (exact) mass is 313 g/mol. The molecule has 0 aromatic carbocycles. The molecule has 5 nitrogen and oxygen atoms in total. The first-order valence-corrected chi connectivity index (χ1v) is 7.43. The van der Waals surface area contributed by atoms with Gasteiger partial charge < -0.3 is 10.2 Å². The average Bonchev–Trinajstić information content (AvgIpc) is 2.60. The van der Waals surface area contributed by atoms with Gasteiger partial charge in [-0.2, -0.15) is 0 Å². The summed E-state index contributed by atoms with van der Waals surface area (Å²) in [5.41, 5.74) is -0.699. The van der Waals surface area contributed by atoms with Gasteiger partial charge in [-0.15, -0.1) is 19.7 Å². The molecule has 1 aromatic rings. The van der Waals surface area contributed by atoms with Crippen LogP contribution in [0.4, 0.5) is 0 Å². The molecule has 1 atom stereocenters. The van der Waals surface area contributed by atoms with Gasteiger partial charge >= 0.3 is 0 Å². The number of hydrogen-bond acceptors (Lipinski definition) is 3. The Kier molecular flexibility index (Phi) is 6.93. The summed E-state index contributed by atoms with van der Waals surface area (Å²) in [6, 6.07) is 3.23. The van der Waals surface area contributed by atoms with Crippen LogP contribution in [0, 0.1) is 0 Å². The van der Waals surface area contributed by atoms with Gasteiger partial charge in [-0.05, 0) is 18.6 Å². The third-order valence-electron chi connectivity index (χ3n) is 3.64. The van der Waals surface area contributed by atoms with Gasteiger partial charge in [-0.1, -0.05) is 25.2 Å². The second-order valence-electron chi connectivity index (χ2n) is 4.92. The normalized spacial score (nSPS) is 12.6. The minimum atomic E-state index is -1.16. The van der Waals surface area contributed by atoms with E-state index in [2.05, 4.69) is 30.0 Å².